The van der Waals surface area contributed by atoms with E-state index in [4.69, 9.17) is 35.4 Å². The van der Waals surface area contributed by atoms with Gasteiger partial charge in [0.25, 0.3) is 5.56 Å². The van der Waals surface area contributed by atoms with E-state index < -0.39 is 0 Å². The molecule has 7 heteroatoms. The van der Waals surface area contributed by atoms with Gasteiger partial charge in [-0.15, -0.1) is 0 Å². The molecule has 0 aliphatic heterocycles. The molecule has 26 heavy (non-hydrogen) atoms. The normalized spacial score (nSPS) is 10.7. The number of hydrogen-bond donors (Lipinski definition) is 3. The van der Waals surface area contributed by atoms with Crippen molar-refractivity contribution in [3.05, 3.63) is 74.0 Å². The average Bonchev–Trinajstić information content (AvgIpc) is 2.59. The molecule has 0 fully saturated rings. The fourth-order valence-electron chi connectivity index (χ4n) is 2.61. The quantitative estimate of drug-likeness (QED) is 0.551. The number of pyridine rings is 1. The van der Waals surface area contributed by atoms with Gasteiger partial charge in [0.1, 0.15) is 0 Å². The summed E-state index contributed by atoms with van der Waals surface area (Å²) in [5.74, 6) is 0. The third-order valence-corrected chi connectivity index (χ3v) is 4.92. The van der Waals surface area contributed by atoms with Crippen molar-refractivity contribution >= 4 is 57.1 Å². The van der Waals surface area contributed by atoms with E-state index in [0.29, 0.717) is 33.7 Å². The molecule has 1 heterocycles. The average molecular weight is 406 g/mol. The first-order chi connectivity index (χ1) is 12.4. The molecule has 0 aliphatic carbocycles. The Morgan fingerprint density at radius 1 is 1.12 bits per heavy atom. The molecule has 0 spiro atoms. The van der Waals surface area contributed by atoms with Gasteiger partial charge in [0.05, 0.1) is 10.0 Å². The van der Waals surface area contributed by atoms with E-state index >= 15 is 0 Å². The number of anilines is 1. The lowest BCUT2D eigenvalue weighted by molar-refractivity contribution is 0.863. The molecule has 4 nitrogen and oxygen atoms in total. The van der Waals surface area contributed by atoms with Crippen LogP contribution in [0.3, 0.4) is 0 Å². The maximum Gasteiger partial charge on any atom is 0.251 e. The second kappa shape index (κ2) is 8.08. The number of H-pyrrole nitrogens is 1. The smallest absolute Gasteiger partial charge is 0.251 e. The SMILES string of the molecule is Cc1ccc2cc(CCNC(=S)Nc3ccc(Cl)c(Cl)c3)c(=O)[nH]c2c1. The largest absolute Gasteiger partial charge is 0.362 e. The van der Waals surface area contributed by atoms with E-state index in [1.165, 1.54) is 0 Å². The molecule has 0 aliphatic rings. The highest BCUT2D eigenvalue weighted by Crippen LogP contribution is 2.24. The van der Waals surface area contributed by atoms with Crippen LogP contribution in [-0.2, 0) is 6.42 Å². The van der Waals surface area contributed by atoms with Crippen molar-refractivity contribution in [2.24, 2.45) is 0 Å². The number of nitrogens with one attached hydrogen (secondary N) is 3. The van der Waals surface area contributed by atoms with Crippen LogP contribution < -0.4 is 16.2 Å². The summed E-state index contributed by atoms with van der Waals surface area (Å²) in [6.07, 6.45) is 0.558. The van der Waals surface area contributed by atoms with Gasteiger partial charge in [0, 0.05) is 23.3 Å². The fraction of sp³-hybridized carbons (Fsp3) is 0.158. The monoisotopic (exact) mass is 405 g/mol. The predicted octanol–water partition coefficient (Wildman–Crippen LogP) is 4.67. The molecule has 0 amide bonds. The Morgan fingerprint density at radius 2 is 1.92 bits per heavy atom. The van der Waals surface area contributed by atoms with Gasteiger partial charge in [-0.3, -0.25) is 4.79 Å². The maximum absolute atomic E-state index is 12.2. The van der Waals surface area contributed by atoms with Crippen molar-refractivity contribution in [1.29, 1.82) is 0 Å². The molecule has 134 valence electrons. The Bertz CT molecular complexity index is 1030. The third kappa shape index (κ3) is 4.55. The summed E-state index contributed by atoms with van der Waals surface area (Å²) < 4.78 is 0. The molecule has 3 aromatic rings. The number of fused-ring (bicyclic) bond motifs is 1. The van der Waals surface area contributed by atoms with Gasteiger partial charge >= 0.3 is 0 Å². The van der Waals surface area contributed by atoms with Crippen LogP contribution in [0.15, 0.2) is 47.3 Å². The number of hydrogen-bond acceptors (Lipinski definition) is 2. The summed E-state index contributed by atoms with van der Waals surface area (Å²) in [7, 11) is 0. The standard InChI is InChI=1S/C19H17Cl2N3OS/c1-11-2-3-12-9-13(18(25)24-17(12)8-11)6-7-22-19(26)23-14-4-5-15(20)16(21)10-14/h2-5,8-10H,6-7H2,1H3,(H,24,25)(H2,22,23,26). The molecule has 0 radical (unpaired) electrons. The van der Waals surface area contributed by atoms with Crippen molar-refractivity contribution < 1.29 is 0 Å². The van der Waals surface area contributed by atoms with Crippen LogP contribution in [0.5, 0.6) is 0 Å². The highest BCUT2D eigenvalue weighted by Gasteiger charge is 2.05. The lowest BCUT2D eigenvalue weighted by Crippen LogP contribution is -2.31. The molecule has 3 N–H and O–H groups in total. The van der Waals surface area contributed by atoms with E-state index in [1.54, 1.807) is 18.2 Å². The lowest BCUT2D eigenvalue weighted by Gasteiger charge is -2.11. The summed E-state index contributed by atoms with van der Waals surface area (Å²) in [6.45, 7) is 2.53. The van der Waals surface area contributed by atoms with Crippen molar-refractivity contribution in [2.75, 3.05) is 11.9 Å². The molecule has 1 aromatic heterocycles. The minimum Gasteiger partial charge on any atom is -0.362 e. The molecular weight excluding hydrogens is 389 g/mol. The number of thiocarbonyl (C=S) groups is 1. The Balaban J connectivity index is 1.60. The highest BCUT2D eigenvalue weighted by atomic mass is 35.5. The van der Waals surface area contributed by atoms with E-state index in [0.717, 1.165) is 22.2 Å². The number of aromatic nitrogens is 1. The third-order valence-electron chi connectivity index (χ3n) is 3.94. The molecule has 0 atom stereocenters. The van der Waals surface area contributed by atoms with Crippen LogP contribution in [0.2, 0.25) is 10.0 Å². The Hall–Kier alpha value is -2.08. The van der Waals surface area contributed by atoms with Gasteiger partial charge in [0.15, 0.2) is 5.11 Å². The Morgan fingerprint density at radius 3 is 2.69 bits per heavy atom. The van der Waals surface area contributed by atoms with Crippen LogP contribution in [0, 0.1) is 6.92 Å². The lowest BCUT2D eigenvalue weighted by atomic mass is 10.1. The van der Waals surface area contributed by atoms with Crippen molar-refractivity contribution in [3.8, 4) is 0 Å². The number of aromatic amines is 1. The maximum atomic E-state index is 12.2. The van der Waals surface area contributed by atoms with Crippen LogP contribution in [0.4, 0.5) is 5.69 Å². The molecule has 3 rings (SSSR count). The van der Waals surface area contributed by atoms with Gasteiger partial charge in [-0.25, -0.2) is 0 Å². The first kappa shape index (κ1) is 18.7. The minimum absolute atomic E-state index is 0.0757. The van der Waals surface area contributed by atoms with Gasteiger partial charge < -0.3 is 15.6 Å². The topological polar surface area (TPSA) is 56.9 Å². The molecular formula is C19H17Cl2N3OS. The van der Waals surface area contributed by atoms with Crippen LogP contribution in [0.1, 0.15) is 11.1 Å². The Labute approximate surface area is 166 Å². The summed E-state index contributed by atoms with van der Waals surface area (Å²) in [4.78, 5) is 15.2. The molecule has 0 saturated heterocycles. The van der Waals surface area contributed by atoms with Crippen LogP contribution >= 0.6 is 35.4 Å². The van der Waals surface area contributed by atoms with Crippen LogP contribution in [0.25, 0.3) is 10.9 Å². The number of rotatable bonds is 4. The van der Waals surface area contributed by atoms with Gasteiger partial charge in [-0.2, -0.15) is 0 Å². The van der Waals surface area contributed by atoms with Crippen molar-refractivity contribution in [1.82, 2.24) is 10.3 Å². The Kier molecular flexibility index (Phi) is 5.81. The summed E-state index contributed by atoms with van der Waals surface area (Å²) >= 11 is 17.1. The van der Waals surface area contributed by atoms with E-state index in [1.807, 2.05) is 31.2 Å². The first-order valence-corrected chi connectivity index (χ1v) is 9.21. The minimum atomic E-state index is -0.0757. The second-order valence-electron chi connectivity index (χ2n) is 5.97. The highest BCUT2D eigenvalue weighted by molar-refractivity contribution is 7.80. The zero-order chi connectivity index (χ0) is 18.7. The van der Waals surface area contributed by atoms with E-state index in [-0.39, 0.29) is 5.56 Å². The zero-order valence-electron chi connectivity index (χ0n) is 14.0. The second-order valence-corrected chi connectivity index (χ2v) is 7.20. The zero-order valence-corrected chi connectivity index (χ0v) is 16.4. The number of benzene rings is 2. The molecule has 2 aromatic carbocycles. The number of halogens is 2. The summed E-state index contributed by atoms with van der Waals surface area (Å²) in [5, 5.41) is 8.54. The fourth-order valence-corrected chi connectivity index (χ4v) is 3.12. The molecule has 0 bridgehead atoms. The van der Waals surface area contributed by atoms with Crippen molar-refractivity contribution in [2.45, 2.75) is 13.3 Å². The number of aryl methyl sites for hydroxylation is 1. The first-order valence-electron chi connectivity index (χ1n) is 8.05. The van der Waals surface area contributed by atoms with Gasteiger partial charge in [0.2, 0.25) is 0 Å². The molecule has 0 saturated carbocycles. The summed E-state index contributed by atoms with van der Waals surface area (Å²) in [5.41, 5.74) is 3.35. The van der Waals surface area contributed by atoms with Gasteiger partial charge in [-0.05, 0) is 66.8 Å². The van der Waals surface area contributed by atoms with Crippen molar-refractivity contribution in [3.63, 3.8) is 0 Å². The van der Waals surface area contributed by atoms with Crippen LogP contribution in [-0.4, -0.2) is 16.6 Å². The van der Waals surface area contributed by atoms with Gasteiger partial charge in [-0.1, -0.05) is 35.3 Å². The predicted molar refractivity (Wildman–Crippen MR) is 114 cm³/mol. The molecule has 0 unspecified atom stereocenters. The van der Waals surface area contributed by atoms with E-state index in [2.05, 4.69) is 15.6 Å². The summed E-state index contributed by atoms with van der Waals surface area (Å²) in [6, 6.07) is 13.1. The van der Waals surface area contributed by atoms with E-state index in [9.17, 15) is 4.79 Å².